The highest BCUT2D eigenvalue weighted by atomic mass is 16.5. The Balaban J connectivity index is 1.66. The molecule has 0 saturated carbocycles. The molecule has 130 valence electrons. The molecule has 5 heteroatoms. The maximum Gasteiger partial charge on any atom is 0.225 e. The van der Waals surface area contributed by atoms with Crippen molar-refractivity contribution in [3.05, 3.63) is 12.7 Å². The summed E-state index contributed by atoms with van der Waals surface area (Å²) in [6, 6.07) is 0. The summed E-state index contributed by atoms with van der Waals surface area (Å²) in [4.78, 5) is 14.9. The first-order chi connectivity index (χ1) is 11.2. The van der Waals surface area contributed by atoms with Gasteiger partial charge in [0.2, 0.25) is 5.91 Å². The highest BCUT2D eigenvalue weighted by molar-refractivity contribution is 5.79. The fraction of sp³-hybridized carbons (Fsp3) is 0.833. The fourth-order valence-corrected chi connectivity index (χ4v) is 4.24. The fourth-order valence-electron chi connectivity index (χ4n) is 4.24. The number of rotatable bonds is 5. The molecule has 3 fully saturated rings. The van der Waals surface area contributed by atoms with Gasteiger partial charge in [-0.15, -0.1) is 6.58 Å². The molecule has 0 aromatic heterocycles. The molecule has 3 heterocycles. The van der Waals surface area contributed by atoms with Crippen LogP contribution < -0.4 is 0 Å². The highest BCUT2D eigenvalue weighted by Gasteiger charge is 2.47. The molecule has 3 saturated heterocycles. The Labute approximate surface area is 138 Å². The van der Waals surface area contributed by atoms with Crippen molar-refractivity contribution in [1.82, 2.24) is 4.90 Å². The Morgan fingerprint density at radius 3 is 2.91 bits per heavy atom. The SMILES string of the molecule is C=CCOC[C@@]12CCCO[C@H]1CCN(C(=O)C1CCOCC1)C2. The van der Waals surface area contributed by atoms with Crippen LogP contribution in [-0.4, -0.2) is 63.0 Å². The number of amides is 1. The molecule has 0 radical (unpaired) electrons. The minimum absolute atomic E-state index is 0.0413. The zero-order valence-electron chi connectivity index (χ0n) is 14.0. The molecule has 0 spiro atoms. The van der Waals surface area contributed by atoms with Gasteiger partial charge in [-0.1, -0.05) is 6.08 Å². The molecule has 5 nitrogen and oxygen atoms in total. The van der Waals surface area contributed by atoms with E-state index in [1.165, 1.54) is 0 Å². The number of nitrogens with zero attached hydrogens (tertiary/aromatic N) is 1. The molecular formula is C18H29NO4. The van der Waals surface area contributed by atoms with E-state index >= 15 is 0 Å². The lowest BCUT2D eigenvalue weighted by Crippen LogP contribution is -2.59. The lowest BCUT2D eigenvalue weighted by molar-refractivity contribution is -0.167. The van der Waals surface area contributed by atoms with Crippen LogP contribution >= 0.6 is 0 Å². The largest absolute Gasteiger partial charge is 0.381 e. The molecule has 0 aromatic carbocycles. The third kappa shape index (κ3) is 3.78. The van der Waals surface area contributed by atoms with Crippen molar-refractivity contribution in [2.45, 2.75) is 38.2 Å². The van der Waals surface area contributed by atoms with Gasteiger partial charge in [-0.25, -0.2) is 0 Å². The summed E-state index contributed by atoms with van der Waals surface area (Å²) in [6.07, 6.45) is 6.76. The van der Waals surface area contributed by atoms with E-state index in [9.17, 15) is 4.79 Å². The van der Waals surface area contributed by atoms with Crippen LogP contribution in [0.15, 0.2) is 12.7 Å². The third-order valence-electron chi connectivity index (χ3n) is 5.50. The summed E-state index contributed by atoms with van der Waals surface area (Å²) in [5.41, 5.74) is -0.0413. The van der Waals surface area contributed by atoms with Crippen LogP contribution in [0.25, 0.3) is 0 Å². The molecule has 0 N–H and O–H groups in total. The lowest BCUT2D eigenvalue weighted by Gasteiger charge is -2.50. The van der Waals surface area contributed by atoms with Gasteiger partial charge in [-0.05, 0) is 32.1 Å². The van der Waals surface area contributed by atoms with E-state index in [1.54, 1.807) is 6.08 Å². The molecule has 0 aliphatic carbocycles. The van der Waals surface area contributed by atoms with Crippen molar-refractivity contribution in [1.29, 1.82) is 0 Å². The van der Waals surface area contributed by atoms with Crippen LogP contribution in [-0.2, 0) is 19.0 Å². The number of hydrogen-bond acceptors (Lipinski definition) is 4. The van der Waals surface area contributed by atoms with Gasteiger partial charge in [0.05, 0.1) is 19.3 Å². The van der Waals surface area contributed by atoms with Crippen molar-refractivity contribution < 1.29 is 19.0 Å². The van der Waals surface area contributed by atoms with E-state index < -0.39 is 0 Å². The molecule has 3 aliphatic rings. The van der Waals surface area contributed by atoms with E-state index in [0.29, 0.717) is 32.3 Å². The van der Waals surface area contributed by atoms with Crippen molar-refractivity contribution in [2.24, 2.45) is 11.3 Å². The first-order valence-electron chi connectivity index (χ1n) is 8.92. The van der Waals surface area contributed by atoms with Gasteiger partial charge in [0.1, 0.15) is 0 Å². The lowest BCUT2D eigenvalue weighted by atomic mass is 9.72. The van der Waals surface area contributed by atoms with Gasteiger partial charge in [0.25, 0.3) is 0 Å². The average molecular weight is 323 g/mol. The normalized spacial score (nSPS) is 32.3. The Morgan fingerprint density at radius 1 is 1.30 bits per heavy atom. The molecule has 3 aliphatic heterocycles. The Kier molecular flexibility index (Phi) is 5.72. The van der Waals surface area contributed by atoms with Crippen LogP contribution in [0, 0.1) is 11.3 Å². The predicted molar refractivity (Wildman–Crippen MR) is 87.2 cm³/mol. The number of carbonyl (C=O) groups is 1. The molecule has 0 bridgehead atoms. The molecule has 23 heavy (non-hydrogen) atoms. The quantitative estimate of drug-likeness (QED) is 0.574. The van der Waals surface area contributed by atoms with Crippen molar-refractivity contribution in [3.8, 4) is 0 Å². The van der Waals surface area contributed by atoms with Gasteiger partial charge in [0.15, 0.2) is 0 Å². The zero-order chi connectivity index (χ0) is 16.1. The zero-order valence-corrected chi connectivity index (χ0v) is 14.0. The first-order valence-corrected chi connectivity index (χ1v) is 8.92. The molecular weight excluding hydrogens is 294 g/mol. The van der Waals surface area contributed by atoms with Gasteiger partial charge < -0.3 is 19.1 Å². The van der Waals surface area contributed by atoms with E-state index in [0.717, 1.165) is 51.8 Å². The van der Waals surface area contributed by atoms with Crippen LogP contribution in [0.1, 0.15) is 32.1 Å². The maximum atomic E-state index is 12.9. The highest BCUT2D eigenvalue weighted by Crippen LogP contribution is 2.41. The van der Waals surface area contributed by atoms with E-state index in [-0.39, 0.29) is 17.4 Å². The summed E-state index contributed by atoms with van der Waals surface area (Å²) in [7, 11) is 0. The maximum absolute atomic E-state index is 12.9. The first kappa shape index (κ1) is 16.9. The monoisotopic (exact) mass is 323 g/mol. The topological polar surface area (TPSA) is 48.0 Å². The number of ether oxygens (including phenoxy) is 3. The minimum Gasteiger partial charge on any atom is -0.381 e. The minimum atomic E-state index is -0.0413. The predicted octanol–water partition coefficient (Wildman–Crippen LogP) is 2.01. The Bertz CT molecular complexity index is 421. The molecule has 0 aromatic rings. The van der Waals surface area contributed by atoms with Crippen molar-refractivity contribution >= 4 is 5.91 Å². The molecule has 2 atom stereocenters. The molecule has 0 unspecified atom stereocenters. The van der Waals surface area contributed by atoms with Crippen molar-refractivity contribution in [3.63, 3.8) is 0 Å². The number of piperidine rings is 1. The number of hydrogen-bond donors (Lipinski definition) is 0. The second-order valence-corrected chi connectivity index (χ2v) is 7.06. The number of likely N-dealkylation sites (tertiary alicyclic amines) is 1. The Morgan fingerprint density at radius 2 is 2.13 bits per heavy atom. The van der Waals surface area contributed by atoms with E-state index in [4.69, 9.17) is 14.2 Å². The second kappa shape index (κ2) is 7.77. The van der Waals surface area contributed by atoms with Crippen LogP contribution in [0.5, 0.6) is 0 Å². The van der Waals surface area contributed by atoms with Gasteiger partial charge in [-0.2, -0.15) is 0 Å². The van der Waals surface area contributed by atoms with Crippen LogP contribution in [0.4, 0.5) is 0 Å². The summed E-state index contributed by atoms with van der Waals surface area (Å²) < 4.78 is 17.2. The standard InChI is InChI=1S/C18H29NO4/c1-2-9-22-14-18-7-3-10-23-16(18)4-8-19(13-18)17(20)15-5-11-21-12-6-15/h2,15-16H,1,3-14H2/t16-,18-/m0/s1. The summed E-state index contributed by atoms with van der Waals surface area (Å²) >= 11 is 0. The third-order valence-corrected chi connectivity index (χ3v) is 5.50. The van der Waals surface area contributed by atoms with Crippen molar-refractivity contribution in [2.75, 3.05) is 46.1 Å². The molecule has 1 amide bonds. The van der Waals surface area contributed by atoms with Gasteiger partial charge >= 0.3 is 0 Å². The molecule has 3 rings (SSSR count). The summed E-state index contributed by atoms with van der Waals surface area (Å²) in [5.74, 6) is 0.441. The summed E-state index contributed by atoms with van der Waals surface area (Å²) in [6.45, 7) is 8.77. The van der Waals surface area contributed by atoms with Crippen LogP contribution in [0.3, 0.4) is 0 Å². The van der Waals surface area contributed by atoms with E-state index in [2.05, 4.69) is 11.5 Å². The average Bonchev–Trinajstić information content (AvgIpc) is 2.61. The van der Waals surface area contributed by atoms with Gasteiger partial charge in [-0.3, -0.25) is 4.79 Å². The van der Waals surface area contributed by atoms with E-state index in [1.807, 2.05) is 0 Å². The number of fused-ring (bicyclic) bond motifs is 1. The second-order valence-electron chi connectivity index (χ2n) is 7.06. The van der Waals surface area contributed by atoms with Gasteiger partial charge in [0, 0.05) is 44.2 Å². The van der Waals surface area contributed by atoms with Crippen LogP contribution in [0.2, 0.25) is 0 Å². The number of carbonyl (C=O) groups excluding carboxylic acids is 1. The Hall–Kier alpha value is -0.910. The summed E-state index contributed by atoms with van der Waals surface area (Å²) in [5, 5.41) is 0. The smallest absolute Gasteiger partial charge is 0.225 e.